The SMILES string of the molecule is C=CCCCCCC(=O)c1ccncn1. The van der Waals surface area contributed by atoms with E-state index < -0.39 is 0 Å². The maximum absolute atomic E-state index is 11.6. The first-order valence-corrected chi connectivity index (χ1v) is 5.24. The molecule has 0 saturated heterocycles. The Hall–Kier alpha value is -1.51. The highest BCUT2D eigenvalue weighted by atomic mass is 16.1. The first-order chi connectivity index (χ1) is 7.34. The minimum atomic E-state index is 0.107. The lowest BCUT2D eigenvalue weighted by atomic mass is 10.1. The quantitative estimate of drug-likeness (QED) is 0.389. The highest BCUT2D eigenvalue weighted by Gasteiger charge is 2.05. The minimum Gasteiger partial charge on any atom is -0.292 e. The van der Waals surface area contributed by atoms with Gasteiger partial charge >= 0.3 is 0 Å². The average molecular weight is 204 g/mol. The summed E-state index contributed by atoms with van der Waals surface area (Å²) in [5.74, 6) is 0.107. The van der Waals surface area contributed by atoms with Crippen LogP contribution in [0.4, 0.5) is 0 Å². The number of ketones is 1. The van der Waals surface area contributed by atoms with Crippen LogP contribution in [0.1, 0.15) is 42.6 Å². The van der Waals surface area contributed by atoms with E-state index >= 15 is 0 Å². The van der Waals surface area contributed by atoms with Gasteiger partial charge in [0.05, 0.1) is 0 Å². The van der Waals surface area contributed by atoms with Gasteiger partial charge in [0.1, 0.15) is 12.0 Å². The number of aromatic nitrogens is 2. The molecule has 0 aliphatic rings. The average Bonchev–Trinajstić information content (AvgIpc) is 2.30. The van der Waals surface area contributed by atoms with Crippen LogP contribution in [0.2, 0.25) is 0 Å². The van der Waals surface area contributed by atoms with Crippen LogP contribution in [0.5, 0.6) is 0 Å². The van der Waals surface area contributed by atoms with Gasteiger partial charge < -0.3 is 0 Å². The van der Waals surface area contributed by atoms with Crippen molar-refractivity contribution < 1.29 is 4.79 Å². The lowest BCUT2D eigenvalue weighted by Crippen LogP contribution is -2.01. The number of carbonyl (C=O) groups is 1. The van der Waals surface area contributed by atoms with E-state index in [0.29, 0.717) is 12.1 Å². The van der Waals surface area contributed by atoms with Gasteiger partial charge in [0.25, 0.3) is 0 Å². The Morgan fingerprint density at radius 1 is 1.40 bits per heavy atom. The topological polar surface area (TPSA) is 42.9 Å². The maximum Gasteiger partial charge on any atom is 0.181 e. The van der Waals surface area contributed by atoms with Crippen LogP contribution in [0.3, 0.4) is 0 Å². The number of hydrogen-bond donors (Lipinski definition) is 0. The smallest absolute Gasteiger partial charge is 0.181 e. The van der Waals surface area contributed by atoms with Crippen molar-refractivity contribution in [1.29, 1.82) is 0 Å². The Balaban J connectivity index is 2.22. The molecule has 0 aliphatic heterocycles. The van der Waals surface area contributed by atoms with E-state index in [2.05, 4.69) is 16.5 Å². The molecule has 0 saturated carbocycles. The van der Waals surface area contributed by atoms with Gasteiger partial charge in [0.2, 0.25) is 0 Å². The van der Waals surface area contributed by atoms with Crippen molar-refractivity contribution in [2.75, 3.05) is 0 Å². The largest absolute Gasteiger partial charge is 0.292 e. The van der Waals surface area contributed by atoms with Crippen molar-refractivity contribution in [2.24, 2.45) is 0 Å². The van der Waals surface area contributed by atoms with Gasteiger partial charge in [-0.25, -0.2) is 9.97 Å². The fourth-order valence-electron chi connectivity index (χ4n) is 1.33. The molecule has 0 radical (unpaired) electrons. The molecule has 0 fully saturated rings. The van der Waals surface area contributed by atoms with Crippen LogP contribution < -0.4 is 0 Å². The molecule has 1 aromatic rings. The Morgan fingerprint density at radius 2 is 2.27 bits per heavy atom. The molecule has 1 heterocycles. The molecule has 0 bridgehead atoms. The van der Waals surface area contributed by atoms with Gasteiger partial charge in [-0.1, -0.05) is 12.5 Å². The van der Waals surface area contributed by atoms with Crippen LogP contribution >= 0.6 is 0 Å². The molecular formula is C12H16N2O. The van der Waals surface area contributed by atoms with Crippen molar-refractivity contribution in [2.45, 2.75) is 32.1 Å². The van der Waals surface area contributed by atoms with Gasteiger partial charge in [0, 0.05) is 12.6 Å². The van der Waals surface area contributed by atoms with Crippen LogP contribution in [0.15, 0.2) is 31.2 Å². The predicted molar refractivity (Wildman–Crippen MR) is 59.6 cm³/mol. The third kappa shape index (κ3) is 4.49. The lowest BCUT2D eigenvalue weighted by Gasteiger charge is -1.99. The number of carbonyl (C=O) groups excluding carboxylic acids is 1. The predicted octanol–water partition coefficient (Wildman–Crippen LogP) is 2.80. The number of allylic oxidation sites excluding steroid dienone is 1. The molecule has 0 N–H and O–H groups in total. The molecule has 0 aliphatic carbocycles. The van der Waals surface area contributed by atoms with E-state index in [1.165, 1.54) is 6.33 Å². The Labute approximate surface area is 90.3 Å². The Kier molecular flexibility index (Phi) is 5.30. The number of hydrogen-bond acceptors (Lipinski definition) is 3. The third-order valence-electron chi connectivity index (χ3n) is 2.18. The summed E-state index contributed by atoms with van der Waals surface area (Å²) < 4.78 is 0. The van der Waals surface area contributed by atoms with Gasteiger partial charge in [-0.05, 0) is 25.3 Å². The third-order valence-corrected chi connectivity index (χ3v) is 2.18. The molecule has 1 rings (SSSR count). The van der Waals surface area contributed by atoms with E-state index in [4.69, 9.17) is 0 Å². The summed E-state index contributed by atoms with van der Waals surface area (Å²) in [6, 6.07) is 1.66. The normalized spacial score (nSPS) is 9.87. The maximum atomic E-state index is 11.6. The molecule has 80 valence electrons. The standard InChI is InChI=1S/C12H16N2O/c1-2-3-4-5-6-7-12(15)11-8-9-13-10-14-11/h2,8-10H,1,3-7H2. The van der Waals surface area contributed by atoms with Crippen LogP contribution in [0, 0.1) is 0 Å². The zero-order valence-electron chi connectivity index (χ0n) is 8.85. The first kappa shape index (κ1) is 11.6. The van der Waals surface area contributed by atoms with Gasteiger partial charge in [-0.15, -0.1) is 6.58 Å². The van der Waals surface area contributed by atoms with Crippen LogP contribution in [0.25, 0.3) is 0 Å². The second kappa shape index (κ2) is 6.87. The van der Waals surface area contributed by atoms with Crippen molar-refractivity contribution >= 4 is 5.78 Å². The number of nitrogens with zero attached hydrogens (tertiary/aromatic N) is 2. The summed E-state index contributed by atoms with van der Waals surface area (Å²) in [5.41, 5.74) is 0.522. The summed E-state index contributed by atoms with van der Waals surface area (Å²) in [4.78, 5) is 19.3. The van der Waals surface area contributed by atoms with Gasteiger partial charge in [-0.2, -0.15) is 0 Å². The molecular weight excluding hydrogens is 188 g/mol. The Bertz CT molecular complexity index is 309. The summed E-state index contributed by atoms with van der Waals surface area (Å²) in [6.45, 7) is 3.66. The van der Waals surface area contributed by atoms with E-state index in [1.54, 1.807) is 12.3 Å². The highest BCUT2D eigenvalue weighted by Crippen LogP contribution is 2.07. The van der Waals surface area contributed by atoms with Gasteiger partial charge in [0.15, 0.2) is 5.78 Å². The summed E-state index contributed by atoms with van der Waals surface area (Å²) >= 11 is 0. The number of Topliss-reactive ketones (excluding diaryl/α,β-unsaturated/α-hetero) is 1. The molecule has 0 amide bonds. The zero-order chi connectivity index (χ0) is 10.9. The van der Waals surface area contributed by atoms with Crippen molar-refractivity contribution in [3.05, 3.63) is 36.9 Å². The summed E-state index contributed by atoms with van der Waals surface area (Å²) in [5, 5.41) is 0. The minimum absolute atomic E-state index is 0.107. The molecule has 0 atom stereocenters. The molecule has 3 heteroatoms. The zero-order valence-corrected chi connectivity index (χ0v) is 8.85. The van der Waals surface area contributed by atoms with Crippen molar-refractivity contribution in [3.8, 4) is 0 Å². The summed E-state index contributed by atoms with van der Waals surface area (Å²) in [6.07, 6.45) is 9.63. The molecule has 0 unspecified atom stereocenters. The molecule has 15 heavy (non-hydrogen) atoms. The number of unbranched alkanes of at least 4 members (excludes halogenated alkanes) is 3. The van der Waals surface area contributed by atoms with E-state index in [-0.39, 0.29) is 5.78 Å². The van der Waals surface area contributed by atoms with Crippen LogP contribution in [-0.4, -0.2) is 15.8 Å². The van der Waals surface area contributed by atoms with E-state index in [0.717, 1.165) is 25.7 Å². The number of rotatable bonds is 7. The van der Waals surface area contributed by atoms with Gasteiger partial charge in [-0.3, -0.25) is 4.79 Å². The van der Waals surface area contributed by atoms with Crippen molar-refractivity contribution in [1.82, 2.24) is 9.97 Å². The summed E-state index contributed by atoms with van der Waals surface area (Å²) in [7, 11) is 0. The highest BCUT2D eigenvalue weighted by molar-refractivity contribution is 5.93. The fraction of sp³-hybridized carbons (Fsp3) is 0.417. The molecule has 0 aromatic carbocycles. The molecule has 1 aromatic heterocycles. The fourth-order valence-corrected chi connectivity index (χ4v) is 1.33. The van der Waals surface area contributed by atoms with E-state index in [1.807, 2.05) is 6.08 Å². The second-order valence-electron chi connectivity index (χ2n) is 3.41. The Morgan fingerprint density at radius 3 is 2.93 bits per heavy atom. The van der Waals surface area contributed by atoms with Crippen molar-refractivity contribution in [3.63, 3.8) is 0 Å². The first-order valence-electron chi connectivity index (χ1n) is 5.24. The second-order valence-corrected chi connectivity index (χ2v) is 3.41. The van der Waals surface area contributed by atoms with E-state index in [9.17, 15) is 4.79 Å². The molecule has 3 nitrogen and oxygen atoms in total. The molecule has 0 spiro atoms. The lowest BCUT2D eigenvalue weighted by molar-refractivity contribution is 0.0974. The monoisotopic (exact) mass is 204 g/mol. The van der Waals surface area contributed by atoms with Crippen LogP contribution in [-0.2, 0) is 0 Å².